The number of nitrogens with one attached hydrogen (secondary N) is 1. The van der Waals surface area contributed by atoms with E-state index in [9.17, 15) is 4.79 Å². The first-order chi connectivity index (χ1) is 12.8. The molecule has 0 radical (unpaired) electrons. The van der Waals surface area contributed by atoms with Gasteiger partial charge in [-0.05, 0) is 57.9 Å². The first-order valence-corrected chi connectivity index (χ1v) is 9.60. The average molecular weight is 367 g/mol. The number of carbonyl (C=O) groups excluding carboxylic acids is 1. The molecule has 0 saturated heterocycles. The second-order valence-electron chi connectivity index (χ2n) is 8.00. The Bertz CT molecular complexity index is 828. The molecule has 0 aliphatic carbocycles. The van der Waals surface area contributed by atoms with Crippen LogP contribution in [0.2, 0.25) is 0 Å². The lowest BCUT2D eigenvalue weighted by atomic mass is 9.88. The fraction of sp³-hybridized carbons (Fsp3) is 0.435. The van der Waals surface area contributed by atoms with E-state index in [1.807, 2.05) is 50.2 Å². The molecule has 0 spiro atoms. The third kappa shape index (κ3) is 4.62. The number of hydrogen-bond donors (Lipinski definition) is 1. The quantitative estimate of drug-likeness (QED) is 0.819. The Morgan fingerprint density at radius 1 is 1.22 bits per heavy atom. The van der Waals surface area contributed by atoms with Crippen molar-refractivity contribution in [2.45, 2.75) is 65.2 Å². The van der Waals surface area contributed by atoms with Crippen molar-refractivity contribution in [3.05, 3.63) is 59.2 Å². The third-order valence-electron chi connectivity index (χ3n) is 4.87. The van der Waals surface area contributed by atoms with E-state index >= 15 is 0 Å². The Labute approximate surface area is 161 Å². The fourth-order valence-electron chi connectivity index (χ4n) is 3.54. The Balaban J connectivity index is 1.78. The van der Waals surface area contributed by atoms with Gasteiger partial charge >= 0.3 is 0 Å². The van der Waals surface area contributed by atoms with Crippen molar-refractivity contribution in [1.82, 2.24) is 5.32 Å². The predicted octanol–water partition coefficient (Wildman–Crippen LogP) is 4.88. The van der Waals surface area contributed by atoms with Crippen LogP contribution in [0.3, 0.4) is 0 Å². The van der Waals surface area contributed by atoms with Crippen molar-refractivity contribution in [2.75, 3.05) is 0 Å². The minimum atomic E-state index is -0.522. The lowest BCUT2D eigenvalue weighted by Gasteiger charge is -2.38. The zero-order valence-corrected chi connectivity index (χ0v) is 16.8. The van der Waals surface area contributed by atoms with E-state index < -0.39 is 6.10 Å². The number of ether oxygens (including phenoxy) is 2. The van der Waals surface area contributed by atoms with E-state index in [-0.39, 0.29) is 17.6 Å². The van der Waals surface area contributed by atoms with Gasteiger partial charge < -0.3 is 14.8 Å². The number of fused-ring (bicyclic) bond motifs is 1. The molecule has 2 aromatic carbocycles. The van der Waals surface area contributed by atoms with Gasteiger partial charge in [-0.2, -0.15) is 0 Å². The van der Waals surface area contributed by atoms with Crippen LogP contribution in [0.15, 0.2) is 42.5 Å². The molecular formula is C23H29NO3. The number of hydrogen-bond acceptors (Lipinski definition) is 3. The Hall–Kier alpha value is -2.49. The van der Waals surface area contributed by atoms with Gasteiger partial charge in [-0.25, -0.2) is 0 Å². The van der Waals surface area contributed by atoms with Gasteiger partial charge in [0.1, 0.15) is 17.1 Å². The molecule has 1 N–H and O–H groups in total. The van der Waals surface area contributed by atoms with Crippen LogP contribution in [0.4, 0.5) is 0 Å². The molecule has 3 rings (SSSR count). The Morgan fingerprint density at radius 2 is 1.96 bits per heavy atom. The van der Waals surface area contributed by atoms with Crippen LogP contribution < -0.4 is 14.8 Å². The molecule has 0 fully saturated rings. The highest BCUT2D eigenvalue weighted by atomic mass is 16.5. The maximum Gasteiger partial charge on any atom is 0.261 e. The molecule has 0 unspecified atom stereocenters. The van der Waals surface area contributed by atoms with Crippen molar-refractivity contribution in [1.29, 1.82) is 0 Å². The minimum absolute atomic E-state index is 0.0887. The van der Waals surface area contributed by atoms with Gasteiger partial charge in [0, 0.05) is 12.0 Å². The van der Waals surface area contributed by atoms with Crippen molar-refractivity contribution in [3.63, 3.8) is 0 Å². The van der Waals surface area contributed by atoms with Crippen molar-refractivity contribution < 1.29 is 14.3 Å². The molecular weight excluding hydrogens is 338 g/mol. The van der Waals surface area contributed by atoms with Crippen molar-refractivity contribution in [2.24, 2.45) is 0 Å². The van der Waals surface area contributed by atoms with Gasteiger partial charge in [0.2, 0.25) is 0 Å². The van der Waals surface area contributed by atoms with Gasteiger partial charge in [-0.15, -0.1) is 0 Å². The van der Waals surface area contributed by atoms with Gasteiger partial charge in [0.05, 0.1) is 6.04 Å². The molecule has 1 heterocycles. The molecule has 4 nitrogen and oxygen atoms in total. The van der Waals surface area contributed by atoms with E-state index in [4.69, 9.17) is 9.47 Å². The van der Waals surface area contributed by atoms with E-state index in [1.54, 1.807) is 0 Å². The maximum atomic E-state index is 13.0. The second-order valence-corrected chi connectivity index (χ2v) is 8.00. The van der Waals surface area contributed by atoms with Crippen LogP contribution in [0, 0.1) is 13.8 Å². The third-order valence-corrected chi connectivity index (χ3v) is 4.87. The molecule has 4 heteroatoms. The summed E-state index contributed by atoms with van der Waals surface area (Å²) in [6, 6.07) is 13.8. The van der Waals surface area contributed by atoms with Crippen molar-refractivity contribution >= 4 is 5.91 Å². The zero-order chi connectivity index (χ0) is 19.6. The minimum Gasteiger partial charge on any atom is -0.487 e. The highest BCUT2D eigenvalue weighted by Gasteiger charge is 2.35. The van der Waals surface area contributed by atoms with Crippen LogP contribution >= 0.6 is 0 Å². The predicted molar refractivity (Wildman–Crippen MR) is 107 cm³/mol. The molecule has 0 aromatic heterocycles. The molecule has 1 aliphatic rings. The second kappa shape index (κ2) is 7.63. The summed E-state index contributed by atoms with van der Waals surface area (Å²) in [6.45, 7) is 10.1. The van der Waals surface area contributed by atoms with E-state index in [0.717, 1.165) is 34.6 Å². The summed E-state index contributed by atoms with van der Waals surface area (Å²) in [6.07, 6.45) is 0.800. The summed E-state index contributed by atoms with van der Waals surface area (Å²) in [4.78, 5) is 13.0. The standard InChI is InChI=1S/C23H29NO3/c1-6-20(26-17-9-7-8-15(2)12-17)22(25)24-19-14-23(4,5)27-21-11-10-16(3)13-18(19)21/h7-13,19-20H,6,14H2,1-5H3,(H,24,25)/t19-,20+/m1/s1. The van der Waals surface area contributed by atoms with Gasteiger partial charge in [-0.3, -0.25) is 4.79 Å². The van der Waals surface area contributed by atoms with Crippen molar-refractivity contribution in [3.8, 4) is 11.5 Å². The van der Waals surface area contributed by atoms with E-state index in [2.05, 4.69) is 32.2 Å². The summed E-state index contributed by atoms with van der Waals surface area (Å²) in [7, 11) is 0. The number of aryl methyl sites for hydroxylation is 2. The molecule has 1 amide bonds. The first-order valence-electron chi connectivity index (χ1n) is 9.60. The molecule has 144 valence electrons. The smallest absolute Gasteiger partial charge is 0.261 e. The maximum absolute atomic E-state index is 13.0. The van der Waals surface area contributed by atoms with Crippen LogP contribution in [-0.2, 0) is 4.79 Å². The van der Waals surface area contributed by atoms with Crippen LogP contribution in [0.1, 0.15) is 56.3 Å². The van der Waals surface area contributed by atoms with Gasteiger partial charge in [-0.1, -0.05) is 36.8 Å². The number of carbonyl (C=O) groups is 1. The first kappa shape index (κ1) is 19.3. The molecule has 27 heavy (non-hydrogen) atoms. The monoisotopic (exact) mass is 367 g/mol. The van der Waals surface area contributed by atoms with Gasteiger partial charge in [0.15, 0.2) is 6.10 Å². The van der Waals surface area contributed by atoms with Gasteiger partial charge in [0.25, 0.3) is 5.91 Å². The summed E-state index contributed by atoms with van der Waals surface area (Å²) in [5.41, 5.74) is 2.96. The van der Waals surface area contributed by atoms with Crippen LogP contribution in [0.5, 0.6) is 11.5 Å². The summed E-state index contributed by atoms with van der Waals surface area (Å²) in [5.74, 6) is 1.48. The zero-order valence-electron chi connectivity index (χ0n) is 16.8. The fourth-order valence-corrected chi connectivity index (χ4v) is 3.54. The lowest BCUT2D eigenvalue weighted by molar-refractivity contribution is -0.129. The Kier molecular flexibility index (Phi) is 5.45. The average Bonchev–Trinajstić information content (AvgIpc) is 2.59. The molecule has 0 bridgehead atoms. The Morgan fingerprint density at radius 3 is 2.67 bits per heavy atom. The number of benzene rings is 2. The van der Waals surface area contributed by atoms with E-state index in [1.165, 1.54) is 0 Å². The molecule has 2 aromatic rings. The van der Waals surface area contributed by atoms with Crippen LogP contribution in [0.25, 0.3) is 0 Å². The highest BCUT2D eigenvalue weighted by molar-refractivity contribution is 5.81. The summed E-state index contributed by atoms with van der Waals surface area (Å²) < 4.78 is 12.1. The number of rotatable bonds is 5. The molecule has 0 saturated carbocycles. The topological polar surface area (TPSA) is 47.6 Å². The molecule has 1 aliphatic heterocycles. The van der Waals surface area contributed by atoms with E-state index in [0.29, 0.717) is 6.42 Å². The van der Waals surface area contributed by atoms with Crippen LogP contribution in [-0.4, -0.2) is 17.6 Å². The SMILES string of the molecule is CC[C@H](Oc1cccc(C)c1)C(=O)N[C@@H]1CC(C)(C)Oc2ccc(C)cc21. The molecule has 2 atom stereocenters. The summed E-state index contributed by atoms with van der Waals surface area (Å²) >= 11 is 0. The largest absolute Gasteiger partial charge is 0.487 e. The normalized spacial score (nSPS) is 18.8. The highest BCUT2D eigenvalue weighted by Crippen LogP contribution is 2.40. The lowest BCUT2D eigenvalue weighted by Crippen LogP contribution is -2.45. The number of amides is 1. The summed E-state index contributed by atoms with van der Waals surface area (Å²) in [5, 5.41) is 3.20.